The molecule has 156 valence electrons. The normalized spacial score (nSPS) is 18.7. The molecule has 0 radical (unpaired) electrons. The molecule has 0 bridgehead atoms. The number of benzene rings is 1. The molecule has 0 saturated carbocycles. The molecule has 30 heavy (non-hydrogen) atoms. The molecular weight excluding hydrogens is 426 g/mol. The zero-order chi connectivity index (χ0) is 21.4. The number of aromatic amines is 1. The Morgan fingerprint density at radius 3 is 2.73 bits per heavy atom. The number of nitrogens with one attached hydrogen (secondary N) is 3. The number of rotatable bonds is 6. The summed E-state index contributed by atoms with van der Waals surface area (Å²) < 4.78 is 0.645. The first-order valence-electron chi connectivity index (χ1n) is 9.33. The van der Waals surface area contributed by atoms with Gasteiger partial charge in [0.25, 0.3) is 5.91 Å². The highest BCUT2D eigenvalue weighted by Gasteiger charge is 2.35. The van der Waals surface area contributed by atoms with E-state index in [1.54, 1.807) is 12.1 Å². The quantitative estimate of drug-likeness (QED) is 0.392. The summed E-state index contributed by atoms with van der Waals surface area (Å²) in [6.45, 7) is 0. The summed E-state index contributed by atoms with van der Waals surface area (Å²) in [4.78, 5) is 40.3. The van der Waals surface area contributed by atoms with Crippen molar-refractivity contribution in [1.82, 2.24) is 15.6 Å². The second-order valence-electron chi connectivity index (χ2n) is 7.26. The average Bonchev–Trinajstić information content (AvgIpc) is 3.33. The average molecular weight is 446 g/mol. The molecule has 8 nitrogen and oxygen atoms in total. The highest BCUT2D eigenvalue weighted by Crippen LogP contribution is 2.32. The number of primary amides is 1. The number of carbonyl (C=O) groups excluding carboxylic acids is 3. The molecule has 7 N–H and O–H groups in total. The monoisotopic (exact) mass is 445 g/mol. The van der Waals surface area contributed by atoms with Gasteiger partial charge in [0.15, 0.2) is 0 Å². The molecule has 2 heterocycles. The number of H-pyrrole nitrogens is 1. The van der Waals surface area contributed by atoms with Crippen molar-refractivity contribution in [3.8, 4) is 0 Å². The lowest BCUT2D eigenvalue weighted by molar-refractivity contribution is -0.126. The van der Waals surface area contributed by atoms with Crippen molar-refractivity contribution in [3.05, 3.63) is 57.6 Å². The fraction of sp³-hybridized carbons (Fsp3) is 0.250. The van der Waals surface area contributed by atoms with Crippen molar-refractivity contribution in [1.29, 1.82) is 0 Å². The van der Waals surface area contributed by atoms with Crippen molar-refractivity contribution in [2.24, 2.45) is 11.5 Å². The molecule has 1 aliphatic rings. The molecule has 3 amide bonds. The summed E-state index contributed by atoms with van der Waals surface area (Å²) in [5.41, 5.74) is 13.1. The largest absolute Gasteiger partial charge is 0.368 e. The van der Waals surface area contributed by atoms with Crippen LogP contribution >= 0.6 is 22.9 Å². The molecule has 2 aromatic heterocycles. The Morgan fingerprint density at radius 1 is 1.23 bits per heavy atom. The third kappa shape index (κ3) is 4.04. The van der Waals surface area contributed by atoms with Crippen LogP contribution in [0.2, 0.25) is 4.34 Å². The molecule has 10 heteroatoms. The molecule has 0 aliphatic heterocycles. The van der Waals surface area contributed by atoms with Crippen LogP contribution in [0.15, 0.2) is 36.4 Å². The van der Waals surface area contributed by atoms with Crippen molar-refractivity contribution >= 4 is 50.9 Å². The fourth-order valence-electron chi connectivity index (χ4n) is 3.70. The molecule has 0 saturated heterocycles. The van der Waals surface area contributed by atoms with E-state index in [2.05, 4.69) is 15.6 Å². The van der Waals surface area contributed by atoms with Crippen LogP contribution in [0.25, 0.3) is 10.2 Å². The van der Waals surface area contributed by atoms with Crippen LogP contribution in [0.1, 0.15) is 34.1 Å². The molecule has 3 aromatic rings. The molecule has 4 rings (SSSR count). The Morgan fingerprint density at radius 2 is 2.00 bits per heavy atom. The van der Waals surface area contributed by atoms with Crippen LogP contribution in [-0.4, -0.2) is 34.8 Å². The van der Waals surface area contributed by atoms with E-state index in [-0.39, 0.29) is 18.4 Å². The Bertz CT molecular complexity index is 1110. The van der Waals surface area contributed by atoms with Crippen LogP contribution < -0.4 is 22.1 Å². The summed E-state index contributed by atoms with van der Waals surface area (Å²) in [5, 5.41) is 6.76. The van der Waals surface area contributed by atoms with E-state index in [1.807, 2.05) is 24.3 Å². The van der Waals surface area contributed by atoms with E-state index in [1.165, 1.54) is 11.3 Å². The van der Waals surface area contributed by atoms with Gasteiger partial charge in [-0.05, 0) is 29.7 Å². The number of aromatic nitrogens is 1. The summed E-state index contributed by atoms with van der Waals surface area (Å²) in [7, 11) is 0. The molecule has 0 spiro atoms. The number of carbonyl (C=O) groups is 3. The number of halogens is 1. The number of fused-ring (bicyclic) bond motifs is 2. The number of nitrogens with two attached hydrogens (primary N) is 2. The maximum Gasteiger partial charge on any atom is 0.268 e. The van der Waals surface area contributed by atoms with Gasteiger partial charge >= 0.3 is 0 Å². The SMILES string of the molecule is NC(=O)[C@H](N)CC(=O)N[C@H]1c2ccccc2C[C@H]1NC(=O)c1cc2cc(Cl)sc2[nH]1. The zero-order valence-electron chi connectivity index (χ0n) is 15.8. The summed E-state index contributed by atoms with van der Waals surface area (Å²) in [5.74, 6) is -1.42. The Kier molecular flexibility index (Phi) is 5.50. The van der Waals surface area contributed by atoms with Gasteiger partial charge in [0.05, 0.1) is 28.9 Å². The predicted octanol–water partition coefficient (Wildman–Crippen LogP) is 1.60. The van der Waals surface area contributed by atoms with Crippen molar-refractivity contribution in [2.45, 2.75) is 31.0 Å². The maximum absolute atomic E-state index is 12.8. The molecule has 1 aromatic carbocycles. The van der Waals surface area contributed by atoms with E-state index in [4.69, 9.17) is 23.1 Å². The molecule has 1 aliphatic carbocycles. The number of thiophene rings is 1. The van der Waals surface area contributed by atoms with Crippen molar-refractivity contribution < 1.29 is 14.4 Å². The molecule has 3 atom stereocenters. The Balaban J connectivity index is 1.51. The van der Waals surface area contributed by atoms with Crippen LogP contribution in [0.3, 0.4) is 0 Å². The van der Waals surface area contributed by atoms with Crippen LogP contribution in [0.5, 0.6) is 0 Å². The topological polar surface area (TPSA) is 143 Å². The zero-order valence-corrected chi connectivity index (χ0v) is 17.3. The molecular formula is C20H20ClN5O3S. The summed E-state index contributed by atoms with van der Waals surface area (Å²) in [6.07, 6.45) is 0.345. The second kappa shape index (κ2) is 8.10. The van der Waals surface area contributed by atoms with E-state index in [9.17, 15) is 14.4 Å². The number of hydrogen-bond acceptors (Lipinski definition) is 5. The minimum absolute atomic E-state index is 0.220. The number of hydrogen-bond donors (Lipinski definition) is 5. The van der Waals surface area contributed by atoms with Gasteiger partial charge in [-0.1, -0.05) is 35.9 Å². The van der Waals surface area contributed by atoms with Gasteiger partial charge in [0, 0.05) is 5.39 Å². The van der Waals surface area contributed by atoms with Gasteiger partial charge in [0.1, 0.15) is 10.5 Å². The lowest BCUT2D eigenvalue weighted by Crippen LogP contribution is -2.46. The first kappa shape index (κ1) is 20.4. The predicted molar refractivity (Wildman–Crippen MR) is 115 cm³/mol. The summed E-state index contributed by atoms with van der Waals surface area (Å²) in [6, 6.07) is 9.34. The van der Waals surface area contributed by atoms with Gasteiger partial charge in [-0.2, -0.15) is 0 Å². The van der Waals surface area contributed by atoms with Crippen LogP contribution in [0, 0.1) is 0 Å². The number of amides is 3. The van der Waals surface area contributed by atoms with Gasteiger partial charge in [-0.15, -0.1) is 11.3 Å². The third-order valence-corrected chi connectivity index (χ3v) is 6.35. The fourth-order valence-corrected chi connectivity index (χ4v) is 4.83. The van der Waals surface area contributed by atoms with Gasteiger partial charge in [-0.25, -0.2) is 0 Å². The highest BCUT2D eigenvalue weighted by atomic mass is 35.5. The van der Waals surface area contributed by atoms with Crippen molar-refractivity contribution in [3.63, 3.8) is 0 Å². The van der Waals surface area contributed by atoms with Gasteiger partial charge in [0.2, 0.25) is 11.8 Å². The van der Waals surface area contributed by atoms with E-state index >= 15 is 0 Å². The third-order valence-electron chi connectivity index (χ3n) is 5.16. The van der Waals surface area contributed by atoms with Gasteiger partial charge < -0.3 is 27.1 Å². The van der Waals surface area contributed by atoms with Crippen molar-refractivity contribution in [2.75, 3.05) is 0 Å². The standard InChI is InChI=1S/C20H20ClN5O3S/c21-15-7-10-6-14(25-20(10)30-15)19(29)24-13-5-9-3-1-2-4-11(9)17(13)26-16(27)8-12(22)18(23)28/h1-4,6-7,12-13,17,25H,5,8,22H2,(H2,23,28)(H,24,29)(H,26,27)/t12-,13-,17+/m1/s1. The first-order valence-corrected chi connectivity index (χ1v) is 10.5. The Labute approximate surface area is 181 Å². The van der Waals surface area contributed by atoms with E-state index < -0.39 is 23.9 Å². The lowest BCUT2D eigenvalue weighted by Gasteiger charge is -2.23. The van der Waals surface area contributed by atoms with E-state index in [0.29, 0.717) is 16.5 Å². The highest BCUT2D eigenvalue weighted by molar-refractivity contribution is 7.22. The first-order chi connectivity index (χ1) is 14.3. The minimum atomic E-state index is -1.06. The lowest BCUT2D eigenvalue weighted by atomic mass is 10.1. The minimum Gasteiger partial charge on any atom is -0.368 e. The summed E-state index contributed by atoms with van der Waals surface area (Å²) >= 11 is 7.35. The Hall–Kier alpha value is -2.88. The smallest absolute Gasteiger partial charge is 0.268 e. The molecule has 0 unspecified atom stereocenters. The van der Waals surface area contributed by atoms with E-state index in [0.717, 1.165) is 21.3 Å². The van der Waals surface area contributed by atoms with Crippen LogP contribution in [-0.2, 0) is 16.0 Å². The second-order valence-corrected chi connectivity index (χ2v) is 8.94. The maximum atomic E-state index is 12.8. The van der Waals surface area contributed by atoms with Gasteiger partial charge in [-0.3, -0.25) is 14.4 Å². The molecule has 0 fully saturated rings. The van der Waals surface area contributed by atoms with Crippen LogP contribution in [0.4, 0.5) is 0 Å².